The van der Waals surface area contributed by atoms with E-state index >= 15 is 4.39 Å². The second kappa shape index (κ2) is 8.84. The smallest absolute Gasteiger partial charge is 0.374 e. The highest BCUT2D eigenvalue weighted by Gasteiger charge is 2.62. The van der Waals surface area contributed by atoms with Crippen LogP contribution in [0, 0.1) is 23.1 Å². The quantitative estimate of drug-likeness (QED) is 0.323. The summed E-state index contributed by atoms with van der Waals surface area (Å²) in [5, 5.41) is 12.1. The van der Waals surface area contributed by atoms with Gasteiger partial charge in [-0.2, -0.15) is 18.4 Å². The van der Waals surface area contributed by atoms with Crippen LogP contribution in [0.4, 0.5) is 22.0 Å². The largest absolute Gasteiger partial charge is 0.435 e. The average Bonchev–Trinajstić information content (AvgIpc) is 3.25. The Kier molecular flexibility index (Phi) is 6.15. The Labute approximate surface area is 218 Å². The molecule has 2 aromatic rings. The zero-order valence-electron chi connectivity index (χ0n) is 19.0. The van der Waals surface area contributed by atoms with Crippen molar-refractivity contribution < 1.29 is 31.6 Å². The Morgan fingerprint density at radius 1 is 1.16 bits per heavy atom. The van der Waals surface area contributed by atoms with Gasteiger partial charge < -0.3 is 9.74 Å². The summed E-state index contributed by atoms with van der Waals surface area (Å²) >= 11 is 11.4. The first-order valence-corrected chi connectivity index (χ1v) is 12.1. The van der Waals surface area contributed by atoms with Gasteiger partial charge in [0.05, 0.1) is 40.5 Å². The number of oxime groups is 1. The highest BCUT2D eigenvalue weighted by molar-refractivity contribution is 6.35. The van der Waals surface area contributed by atoms with E-state index in [1.165, 1.54) is 23.1 Å². The van der Waals surface area contributed by atoms with Crippen molar-refractivity contribution in [2.24, 2.45) is 11.1 Å². The van der Waals surface area contributed by atoms with Crippen molar-refractivity contribution in [2.45, 2.75) is 43.1 Å². The van der Waals surface area contributed by atoms with E-state index in [1.807, 2.05) is 6.07 Å². The topological polar surface area (TPSA) is 65.7 Å². The van der Waals surface area contributed by atoms with Gasteiger partial charge in [-0.25, -0.2) is 8.78 Å². The fourth-order valence-electron chi connectivity index (χ4n) is 4.85. The molecule has 0 aromatic heterocycles. The molecule has 5 rings (SSSR count). The van der Waals surface area contributed by atoms with Crippen molar-refractivity contribution >= 4 is 34.8 Å². The maximum Gasteiger partial charge on any atom is 0.435 e. The molecular formula is C25H18Cl2F5N3O2. The molecule has 1 saturated carbocycles. The van der Waals surface area contributed by atoms with E-state index < -0.39 is 45.3 Å². The van der Waals surface area contributed by atoms with Gasteiger partial charge in [0.15, 0.2) is 11.5 Å². The van der Waals surface area contributed by atoms with Gasteiger partial charge in [-0.3, -0.25) is 4.79 Å². The van der Waals surface area contributed by atoms with Crippen LogP contribution in [0.1, 0.15) is 47.9 Å². The Morgan fingerprint density at radius 2 is 1.81 bits per heavy atom. The molecule has 0 bridgehead atoms. The minimum absolute atomic E-state index is 0.0510. The van der Waals surface area contributed by atoms with Crippen molar-refractivity contribution in [3.8, 4) is 6.07 Å². The van der Waals surface area contributed by atoms with E-state index in [-0.39, 0.29) is 47.3 Å². The van der Waals surface area contributed by atoms with E-state index in [4.69, 9.17) is 28.0 Å². The summed E-state index contributed by atoms with van der Waals surface area (Å²) in [6, 6.07) is 7.36. The average molecular weight is 558 g/mol. The first-order valence-electron chi connectivity index (χ1n) is 11.4. The summed E-state index contributed by atoms with van der Waals surface area (Å²) < 4.78 is 72.2. The van der Waals surface area contributed by atoms with E-state index in [9.17, 15) is 27.6 Å². The van der Waals surface area contributed by atoms with E-state index in [1.54, 1.807) is 0 Å². The standard InChI is InChI=1S/C25H18Cl2F5N3O2/c26-18-7-16(8-19(27)21(18)28)24(25(30,31)32)9-20(34-37-24)14-4-5-17(15(6-14)10-33)23(29)11-35(12-23)22(36)13-2-1-3-13/h4-8,13H,1-3,9,11-12H2. The van der Waals surface area contributed by atoms with Crippen LogP contribution >= 0.6 is 23.2 Å². The van der Waals surface area contributed by atoms with Crippen LogP contribution in [-0.2, 0) is 20.9 Å². The molecule has 1 saturated heterocycles. The summed E-state index contributed by atoms with van der Waals surface area (Å²) in [6.07, 6.45) is -3.27. The van der Waals surface area contributed by atoms with Gasteiger partial charge in [0.1, 0.15) is 0 Å². The fraction of sp³-hybridized carbons (Fsp3) is 0.400. The Hall–Kier alpha value is -2.90. The maximum atomic E-state index is 15.6. The molecule has 194 valence electrons. The van der Waals surface area contributed by atoms with Crippen LogP contribution in [-0.4, -0.2) is 35.8 Å². The lowest BCUT2D eigenvalue weighted by Crippen LogP contribution is -2.60. The molecule has 1 atom stereocenters. The molecule has 1 aliphatic carbocycles. The van der Waals surface area contributed by atoms with Crippen LogP contribution < -0.4 is 0 Å². The van der Waals surface area contributed by atoms with Gasteiger partial charge in [0.2, 0.25) is 5.91 Å². The summed E-state index contributed by atoms with van der Waals surface area (Å²) in [5.41, 5.74) is -5.54. The van der Waals surface area contributed by atoms with Crippen molar-refractivity contribution in [3.05, 3.63) is 68.4 Å². The third-order valence-corrected chi connectivity index (χ3v) is 7.79. The molecule has 2 fully saturated rings. The highest BCUT2D eigenvalue weighted by Crippen LogP contribution is 2.50. The number of benzene rings is 2. The van der Waals surface area contributed by atoms with Crippen LogP contribution in [0.15, 0.2) is 35.5 Å². The molecule has 37 heavy (non-hydrogen) atoms. The SMILES string of the molecule is N#Cc1cc(C2=NOC(c3cc(Cl)c(F)c(Cl)c3)(C(F)(F)F)C2)ccc1C1(F)CN(C(=O)C2CCC2)C1. The Bertz CT molecular complexity index is 1340. The number of halogens is 7. The van der Waals surface area contributed by atoms with Gasteiger partial charge in [-0.05, 0) is 31.0 Å². The molecule has 1 amide bonds. The van der Waals surface area contributed by atoms with Gasteiger partial charge >= 0.3 is 6.18 Å². The highest BCUT2D eigenvalue weighted by atomic mass is 35.5. The van der Waals surface area contributed by atoms with Crippen LogP contribution in [0.2, 0.25) is 10.0 Å². The molecule has 12 heteroatoms. The number of nitriles is 1. The van der Waals surface area contributed by atoms with E-state index in [0.29, 0.717) is 0 Å². The second-order valence-electron chi connectivity index (χ2n) is 9.54. The first-order chi connectivity index (χ1) is 17.4. The molecular weight excluding hydrogens is 540 g/mol. The van der Waals surface area contributed by atoms with Gasteiger partial charge in [0, 0.05) is 29.0 Å². The normalized spacial score (nSPS) is 23.0. The third kappa shape index (κ3) is 4.12. The van der Waals surface area contributed by atoms with E-state index in [0.717, 1.165) is 31.4 Å². The minimum atomic E-state index is -4.99. The molecule has 5 nitrogen and oxygen atoms in total. The zero-order chi connectivity index (χ0) is 26.8. The summed E-state index contributed by atoms with van der Waals surface area (Å²) in [7, 11) is 0. The molecule has 0 spiro atoms. The fourth-order valence-corrected chi connectivity index (χ4v) is 5.34. The molecule has 3 aliphatic rings. The van der Waals surface area contributed by atoms with Crippen LogP contribution in [0.3, 0.4) is 0 Å². The summed E-state index contributed by atoms with van der Waals surface area (Å²) in [5.74, 6) is -1.25. The lowest BCUT2D eigenvalue weighted by Gasteiger charge is -2.47. The van der Waals surface area contributed by atoms with Crippen LogP contribution in [0.5, 0.6) is 0 Å². The predicted octanol–water partition coefficient (Wildman–Crippen LogP) is 6.39. The van der Waals surface area contributed by atoms with Crippen molar-refractivity contribution in [2.75, 3.05) is 13.1 Å². The Balaban J connectivity index is 1.41. The summed E-state index contributed by atoms with van der Waals surface area (Å²) in [6.45, 7) is -0.382. The lowest BCUT2D eigenvalue weighted by atomic mass is 9.79. The maximum absolute atomic E-state index is 15.6. The number of rotatable bonds is 4. The number of nitrogens with zero attached hydrogens (tertiary/aromatic N) is 3. The lowest BCUT2D eigenvalue weighted by molar-refractivity contribution is -0.275. The van der Waals surface area contributed by atoms with Gasteiger partial charge in [0.25, 0.3) is 5.60 Å². The Morgan fingerprint density at radius 3 is 2.35 bits per heavy atom. The van der Waals surface area contributed by atoms with E-state index in [2.05, 4.69) is 5.16 Å². The molecule has 2 heterocycles. The first kappa shape index (κ1) is 25.7. The number of carbonyl (C=O) groups is 1. The monoisotopic (exact) mass is 557 g/mol. The molecule has 0 radical (unpaired) electrons. The number of carbonyl (C=O) groups excluding carboxylic acids is 1. The predicted molar refractivity (Wildman–Crippen MR) is 124 cm³/mol. The van der Waals surface area contributed by atoms with Gasteiger partial charge in [-0.15, -0.1) is 0 Å². The van der Waals surface area contributed by atoms with Gasteiger partial charge in [-0.1, -0.05) is 46.9 Å². The molecule has 2 aromatic carbocycles. The second-order valence-corrected chi connectivity index (χ2v) is 10.4. The number of amides is 1. The number of alkyl halides is 4. The number of hydrogen-bond donors (Lipinski definition) is 0. The molecule has 1 unspecified atom stereocenters. The molecule has 2 aliphatic heterocycles. The number of likely N-dealkylation sites (tertiary alicyclic amines) is 1. The molecule has 0 N–H and O–H groups in total. The third-order valence-electron chi connectivity index (χ3n) is 7.24. The van der Waals surface area contributed by atoms with Crippen LogP contribution in [0.25, 0.3) is 0 Å². The zero-order valence-corrected chi connectivity index (χ0v) is 20.5. The van der Waals surface area contributed by atoms with Crippen molar-refractivity contribution in [1.82, 2.24) is 4.90 Å². The van der Waals surface area contributed by atoms with Crippen molar-refractivity contribution in [1.29, 1.82) is 5.26 Å². The summed E-state index contributed by atoms with van der Waals surface area (Å²) in [4.78, 5) is 18.7. The minimum Gasteiger partial charge on any atom is -0.374 e. The number of hydrogen-bond acceptors (Lipinski definition) is 4. The van der Waals surface area contributed by atoms with Crippen molar-refractivity contribution in [3.63, 3.8) is 0 Å².